The molecule has 3 rings (SSSR count). The summed E-state index contributed by atoms with van der Waals surface area (Å²) in [5.74, 6) is -0.155. The second-order valence-corrected chi connectivity index (χ2v) is 6.29. The van der Waals surface area contributed by atoms with Crippen LogP contribution in [0.5, 0.6) is 0 Å². The average Bonchev–Trinajstić information content (AvgIpc) is 3.10. The Morgan fingerprint density at radius 2 is 1.96 bits per heavy atom. The Morgan fingerprint density at radius 1 is 1.24 bits per heavy atom. The Kier molecular flexibility index (Phi) is 5.40. The van der Waals surface area contributed by atoms with E-state index in [4.69, 9.17) is 0 Å². The van der Waals surface area contributed by atoms with E-state index < -0.39 is 4.92 Å². The van der Waals surface area contributed by atoms with Crippen molar-refractivity contribution in [3.63, 3.8) is 0 Å². The predicted molar refractivity (Wildman–Crippen MR) is 91.7 cm³/mol. The van der Waals surface area contributed by atoms with Gasteiger partial charge < -0.3 is 0 Å². The molecule has 1 aromatic carbocycles. The summed E-state index contributed by atoms with van der Waals surface area (Å²) >= 11 is 0. The lowest BCUT2D eigenvalue weighted by Gasteiger charge is -2.38. The number of hydrogen-bond acceptors (Lipinski definition) is 5. The van der Waals surface area contributed by atoms with Crippen LogP contribution >= 0.6 is 0 Å². The molecule has 0 bridgehead atoms. The van der Waals surface area contributed by atoms with Crippen LogP contribution in [-0.4, -0.2) is 57.2 Å². The third-order valence-electron chi connectivity index (χ3n) is 4.79. The lowest BCUT2D eigenvalue weighted by Crippen LogP contribution is -2.47. The maximum Gasteiger partial charge on any atom is 0.306 e. The zero-order valence-corrected chi connectivity index (χ0v) is 14.2. The van der Waals surface area contributed by atoms with Gasteiger partial charge in [-0.15, -0.1) is 0 Å². The summed E-state index contributed by atoms with van der Waals surface area (Å²) in [6, 6.07) is 6.98. The number of piperazine rings is 1. The van der Waals surface area contributed by atoms with E-state index in [1.165, 1.54) is 18.5 Å². The van der Waals surface area contributed by atoms with Crippen molar-refractivity contribution in [3.8, 4) is 0 Å². The minimum atomic E-state index is -0.438. The number of hydrogen-bond donors (Lipinski definition) is 0. The molecule has 0 N–H and O–H groups in total. The van der Waals surface area contributed by atoms with Crippen molar-refractivity contribution in [2.45, 2.75) is 19.5 Å². The molecule has 0 aliphatic carbocycles. The molecule has 1 aliphatic rings. The molecular weight excluding hydrogens is 325 g/mol. The van der Waals surface area contributed by atoms with Gasteiger partial charge in [-0.05, 0) is 13.0 Å². The van der Waals surface area contributed by atoms with E-state index in [-0.39, 0.29) is 17.5 Å². The van der Waals surface area contributed by atoms with E-state index >= 15 is 0 Å². The van der Waals surface area contributed by atoms with Gasteiger partial charge in [0.2, 0.25) is 0 Å². The Morgan fingerprint density at radius 3 is 2.60 bits per heavy atom. The molecular formula is C17H22FN5O2. The number of halogens is 1. The molecule has 1 atom stereocenters. The van der Waals surface area contributed by atoms with Crippen molar-refractivity contribution in [3.05, 3.63) is 58.2 Å². The topological polar surface area (TPSA) is 67.4 Å². The molecule has 25 heavy (non-hydrogen) atoms. The number of nitro groups is 1. The molecule has 1 aromatic heterocycles. The fourth-order valence-corrected chi connectivity index (χ4v) is 3.20. The zero-order valence-electron chi connectivity index (χ0n) is 14.2. The van der Waals surface area contributed by atoms with Crippen LogP contribution in [0.15, 0.2) is 36.7 Å². The molecule has 7 nitrogen and oxygen atoms in total. The molecule has 1 unspecified atom stereocenters. The standard InChI is InChI=1S/C17H22FN5O2/c1-14(16-4-2-3-5-17(16)18)21-9-6-20(7-10-21)8-11-22-13-15(12-19-22)23(24)25/h2-5,12-14H,6-11H2,1H3. The quantitative estimate of drug-likeness (QED) is 0.592. The van der Waals surface area contributed by atoms with Gasteiger partial charge in [-0.1, -0.05) is 18.2 Å². The Hall–Kier alpha value is -2.32. The predicted octanol–water partition coefficient (Wildman–Crippen LogP) is 2.31. The second kappa shape index (κ2) is 7.71. The first-order valence-corrected chi connectivity index (χ1v) is 8.42. The highest BCUT2D eigenvalue weighted by Gasteiger charge is 2.23. The summed E-state index contributed by atoms with van der Waals surface area (Å²) in [5, 5.41) is 14.7. The minimum Gasteiger partial charge on any atom is -0.299 e. The SMILES string of the molecule is CC(c1ccccc1F)N1CCN(CCn2cc([N+](=O)[O-])cn2)CC1. The van der Waals surface area contributed by atoms with E-state index in [2.05, 4.69) is 14.9 Å². The van der Waals surface area contributed by atoms with Gasteiger partial charge >= 0.3 is 5.69 Å². The van der Waals surface area contributed by atoms with Crippen molar-refractivity contribution in [2.24, 2.45) is 0 Å². The van der Waals surface area contributed by atoms with Gasteiger partial charge in [0.25, 0.3) is 0 Å². The van der Waals surface area contributed by atoms with Crippen LogP contribution in [0.1, 0.15) is 18.5 Å². The maximum absolute atomic E-state index is 13.9. The summed E-state index contributed by atoms with van der Waals surface area (Å²) in [6.07, 6.45) is 2.73. The Balaban J connectivity index is 1.48. The number of nitrogens with zero attached hydrogens (tertiary/aromatic N) is 5. The third-order valence-corrected chi connectivity index (χ3v) is 4.79. The van der Waals surface area contributed by atoms with E-state index in [9.17, 15) is 14.5 Å². The molecule has 1 fully saturated rings. The first-order valence-electron chi connectivity index (χ1n) is 8.42. The van der Waals surface area contributed by atoms with E-state index in [1.807, 2.05) is 19.1 Å². The maximum atomic E-state index is 13.9. The number of aromatic nitrogens is 2. The van der Waals surface area contributed by atoms with Crippen LogP contribution in [0.25, 0.3) is 0 Å². The summed E-state index contributed by atoms with van der Waals surface area (Å²) in [6.45, 7) is 6.97. The molecule has 0 spiro atoms. The molecule has 1 aliphatic heterocycles. The highest BCUT2D eigenvalue weighted by molar-refractivity contribution is 5.21. The van der Waals surface area contributed by atoms with Gasteiger partial charge in [-0.2, -0.15) is 5.10 Å². The Labute approximate surface area is 145 Å². The molecule has 2 heterocycles. The lowest BCUT2D eigenvalue weighted by atomic mass is 10.1. The fourth-order valence-electron chi connectivity index (χ4n) is 3.20. The molecule has 2 aromatic rings. The van der Waals surface area contributed by atoms with Crippen LogP contribution in [0.2, 0.25) is 0 Å². The van der Waals surface area contributed by atoms with Gasteiger partial charge in [0.15, 0.2) is 0 Å². The first kappa shape index (κ1) is 17.5. The molecule has 0 saturated carbocycles. The molecule has 0 radical (unpaired) electrons. The van der Waals surface area contributed by atoms with Crippen molar-refractivity contribution in [1.82, 2.24) is 19.6 Å². The van der Waals surface area contributed by atoms with E-state index in [1.54, 1.807) is 10.7 Å². The van der Waals surface area contributed by atoms with Crippen LogP contribution in [0, 0.1) is 15.9 Å². The summed E-state index contributed by atoms with van der Waals surface area (Å²) in [5.41, 5.74) is 0.753. The minimum absolute atomic E-state index is 0.0172. The highest BCUT2D eigenvalue weighted by atomic mass is 19.1. The van der Waals surface area contributed by atoms with Crippen molar-refractivity contribution in [1.29, 1.82) is 0 Å². The average molecular weight is 347 g/mol. The normalized spacial score (nSPS) is 17.5. The first-order chi connectivity index (χ1) is 12.0. The molecule has 8 heteroatoms. The fraction of sp³-hybridized carbons (Fsp3) is 0.471. The van der Waals surface area contributed by atoms with Crippen LogP contribution in [0.3, 0.4) is 0 Å². The lowest BCUT2D eigenvalue weighted by molar-refractivity contribution is -0.385. The summed E-state index contributed by atoms with van der Waals surface area (Å²) in [4.78, 5) is 14.8. The van der Waals surface area contributed by atoms with Crippen molar-refractivity contribution >= 4 is 5.69 Å². The van der Waals surface area contributed by atoms with Gasteiger partial charge in [-0.25, -0.2) is 4.39 Å². The van der Waals surface area contributed by atoms with Gasteiger partial charge in [0.05, 0.1) is 11.5 Å². The zero-order chi connectivity index (χ0) is 17.8. The monoisotopic (exact) mass is 347 g/mol. The number of benzene rings is 1. The van der Waals surface area contributed by atoms with Gasteiger partial charge in [-0.3, -0.25) is 24.6 Å². The Bertz CT molecular complexity index is 727. The van der Waals surface area contributed by atoms with Crippen LogP contribution in [0.4, 0.5) is 10.1 Å². The number of rotatable bonds is 6. The molecule has 1 saturated heterocycles. The van der Waals surface area contributed by atoms with Gasteiger partial charge in [0.1, 0.15) is 18.2 Å². The van der Waals surface area contributed by atoms with Crippen molar-refractivity contribution < 1.29 is 9.31 Å². The van der Waals surface area contributed by atoms with E-state index in [0.29, 0.717) is 6.54 Å². The van der Waals surface area contributed by atoms with Crippen LogP contribution in [-0.2, 0) is 6.54 Å². The third kappa shape index (κ3) is 4.21. The van der Waals surface area contributed by atoms with Crippen LogP contribution < -0.4 is 0 Å². The summed E-state index contributed by atoms with van der Waals surface area (Å²) in [7, 11) is 0. The smallest absolute Gasteiger partial charge is 0.299 e. The summed E-state index contributed by atoms with van der Waals surface area (Å²) < 4.78 is 15.5. The largest absolute Gasteiger partial charge is 0.306 e. The van der Waals surface area contributed by atoms with Gasteiger partial charge in [0, 0.05) is 44.3 Å². The van der Waals surface area contributed by atoms with Crippen molar-refractivity contribution in [2.75, 3.05) is 32.7 Å². The molecule has 0 amide bonds. The van der Waals surface area contributed by atoms with E-state index in [0.717, 1.165) is 38.3 Å². The second-order valence-electron chi connectivity index (χ2n) is 6.29. The molecule has 134 valence electrons. The highest BCUT2D eigenvalue weighted by Crippen LogP contribution is 2.23.